The fourth-order valence-electron chi connectivity index (χ4n) is 2.78. The number of ether oxygens (including phenoxy) is 1. The highest BCUT2D eigenvalue weighted by molar-refractivity contribution is 7.99. The number of hydrogen-bond donors (Lipinski definition) is 0. The van der Waals surface area contributed by atoms with Crippen LogP contribution in [0.15, 0.2) is 39.0 Å². The molecule has 0 spiro atoms. The number of thioether (sulfide) groups is 1. The van der Waals surface area contributed by atoms with E-state index in [2.05, 4.69) is 4.98 Å². The number of aromatic nitrogens is 4. The molecule has 28 heavy (non-hydrogen) atoms. The number of carbonyl (C=O) groups excluding carboxylic acids is 1. The Bertz CT molecular complexity index is 1150. The highest BCUT2D eigenvalue weighted by atomic mass is 35.5. The Morgan fingerprint density at radius 2 is 1.86 bits per heavy atom. The van der Waals surface area contributed by atoms with E-state index >= 15 is 0 Å². The number of fused-ring (bicyclic) bond motifs is 1. The molecule has 0 aliphatic carbocycles. The number of carbonyl (C=O) groups is 1. The summed E-state index contributed by atoms with van der Waals surface area (Å²) >= 11 is 7.11. The topological polar surface area (TPSA) is 88.1 Å². The first-order valence-corrected chi connectivity index (χ1v) is 9.89. The second-order valence-corrected chi connectivity index (χ2v) is 7.46. The number of esters is 1. The quantitative estimate of drug-likeness (QED) is 0.444. The van der Waals surface area contributed by atoms with Gasteiger partial charge in [-0.05, 0) is 24.6 Å². The van der Waals surface area contributed by atoms with E-state index in [4.69, 9.17) is 16.3 Å². The second-order valence-electron chi connectivity index (χ2n) is 6.08. The van der Waals surface area contributed by atoms with Gasteiger partial charge in [0.25, 0.3) is 5.56 Å². The maximum atomic E-state index is 12.8. The number of benzene rings is 1. The Labute approximate surface area is 169 Å². The van der Waals surface area contributed by atoms with Gasteiger partial charge in [0.1, 0.15) is 0 Å². The van der Waals surface area contributed by atoms with E-state index in [9.17, 15) is 14.4 Å². The lowest BCUT2D eigenvalue weighted by Crippen LogP contribution is -2.37. The zero-order valence-corrected chi connectivity index (χ0v) is 17.2. The Hall–Kier alpha value is -2.52. The van der Waals surface area contributed by atoms with Gasteiger partial charge in [-0.25, -0.2) is 9.78 Å². The van der Waals surface area contributed by atoms with Crippen LogP contribution in [-0.4, -0.2) is 37.0 Å². The molecule has 2 aromatic heterocycles. The van der Waals surface area contributed by atoms with E-state index in [0.29, 0.717) is 22.2 Å². The van der Waals surface area contributed by atoms with Gasteiger partial charge in [-0.3, -0.25) is 18.7 Å². The van der Waals surface area contributed by atoms with Gasteiger partial charge < -0.3 is 9.30 Å². The van der Waals surface area contributed by atoms with Crippen molar-refractivity contribution in [1.82, 2.24) is 18.7 Å². The zero-order chi connectivity index (χ0) is 20.4. The molecule has 0 atom stereocenters. The van der Waals surface area contributed by atoms with Gasteiger partial charge in [-0.2, -0.15) is 0 Å². The first-order chi connectivity index (χ1) is 13.3. The van der Waals surface area contributed by atoms with Crippen molar-refractivity contribution in [3.8, 4) is 0 Å². The summed E-state index contributed by atoms with van der Waals surface area (Å²) in [6.45, 7) is 2.36. The van der Waals surface area contributed by atoms with Gasteiger partial charge in [-0.15, -0.1) is 0 Å². The van der Waals surface area contributed by atoms with Crippen molar-refractivity contribution >= 4 is 40.5 Å². The van der Waals surface area contributed by atoms with Crippen LogP contribution in [-0.2, 0) is 30.2 Å². The van der Waals surface area contributed by atoms with Crippen molar-refractivity contribution in [2.24, 2.45) is 14.1 Å². The molecule has 10 heteroatoms. The second kappa shape index (κ2) is 8.24. The number of rotatable bonds is 6. The third-order valence-corrected chi connectivity index (χ3v) is 5.39. The van der Waals surface area contributed by atoms with Crippen LogP contribution in [0.1, 0.15) is 12.5 Å². The molecule has 0 N–H and O–H groups in total. The summed E-state index contributed by atoms with van der Waals surface area (Å²) in [4.78, 5) is 41.3. The maximum absolute atomic E-state index is 12.8. The van der Waals surface area contributed by atoms with Crippen molar-refractivity contribution in [3.63, 3.8) is 0 Å². The third-order valence-electron chi connectivity index (χ3n) is 4.19. The normalized spacial score (nSPS) is 11.1. The Kier molecular flexibility index (Phi) is 5.95. The first-order valence-electron chi connectivity index (χ1n) is 8.52. The lowest BCUT2D eigenvalue weighted by molar-refractivity contribution is -0.139. The molecular weight excluding hydrogens is 404 g/mol. The highest BCUT2D eigenvalue weighted by Gasteiger charge is 2.20. The molecule has 3 aromatic rings. The predicted octanol–water partition coefficient (Wildman–Crippen LogP) is 1.79. The van der Waals surface area contributed by atoms with Gasteiger partial charge in [0, 0.05) is 19.1 Å². The summed E-state index contributed by atoms with van der Waals surface area (Å²) < 4.78 is 9.04. The van der Waals surface area contributed by atoms with Gasteiger partial charge >= 0.3 is 11.7 Å². The predicted molar refractivity (Wildman–Crippen MR) is 108 cm³/mol. The Balaban J connectivity index is 2.14. The largest absolute Gasteiger partial charge is 0.465 e. The summed E-state index contributed by atoms with van der Waals surface area (Å²) in [5.41, 5.74) is 0.565. The maximum Gasteiger partial charge on any atom is 0.332 e. The highest BCUT2D eigenvalue weighted by Crippen LogP contribution is 2.23. The molecular formula is C18H19ClN4O4S. The number of imidazole rings is 1. The standard InChI is InChI=1S/C18H19ClN4O4S/c1-4-27-13(24)10-28-17-20-15-14(16(25)22(3)18(26)21(15)2)23(17)9-11-5-7-12(19)8-6-11/h5-8H,4,9-10H2,1-3H3. The molecule has 0 unspecified atom stereocenters. The SMILES string of the molecule is CCOC(=O)CSc1nc2c(c(=O)n(C)c(=O)n2C)n1Cc1ccc(Cl)cc1. The fraction of sp³-hybridized carbons (Fsp3) is 0.333. The van der Waals surface area contributed by atoms with E-state index in [1.165, 1.54) is 11.6 Å². The van der Waals surface area contributed by atoms with E-state index in [0.717, 1.165) is 21.9 Å². The molecule has 0 bridgehead atoms. The molecule has 0 radical (unpaired) electrons. The third kappa shape index (κ3) is 3.85. The summed E-state index contributed by atoms with van der Waals surface area (Å²) in [6.07, 6.45) is 0. The Morgan fingerprint density at radius 1 is 1.18 bits per heavy atom. The average Bonchev–Trinajstić information content (AvgIpc) is 3.03. The number of nitrogens with zero attached hydrogens (tertiary/aromatic N) is 4. The minimum absolute atomic E-state index is 0.0477. The van der Waals surface area contributed by atoms with Crippen molar-refractivity contribution < 1.29 is 9.53 Å². The smallest absolute Gasteiger partial charge is 0.332 e. The van der Waals surface area contributed by atoms with E-state index < -0.39 is 11.2 Å². The summed E-state index contributed by atoms with van der Waals surface area (Å²) in [6, 6.07) is 7.21. The molecule has 0 aliphatic rings. The molecule has 0 saturated carbocycles. The van der Waals surface area contributed by atoms with Crippen LogP contribution in [0.3, 0.4) is 0 Å². The van der Waals surface area contributed by atoms with Gasteiger partial charge in [0.2, 0.25) is 0 Å². The molecule has 148 valence electrons. The van der Waals surface area contributed by atoms with Crippen molar-refractivity contribution in [3.05, 3.63) is 55.7 Å². The lowest BCUT2D eigenvalue weighted by atomic mass is 10.2. The van der Waals surface area contributed by atoms with E-state index in [-0.39, 0.29) is 24.0 Å². The number of aryl methyl sites for hydroxylation is 1. The van der Waals surface area contributed by atoms with Crippen LogP contribution in [0.4, 0.5) is 0 Å². The molecule has 8 nitrogen and oxygen atoms in total. The van der Waals surface area contributed by atoms with Gasteiger partial charge in [0.05, 0.1) is 18.9 Å². The molecule has 2 heterocycles. The zero-order valence-electron chi connectivity index (χ0n) is 15.6. The van der Waals surface area contributed by atoms with Crippen LogP contribution in [0, 0.1) is 0 Å². The van der Waals surface area contributed by atoms with Crippen molar-refractivity contribution in [1.29, 1.82) is 0 Å². The molecule has 1 aromatic carbocycles. The monoisotopic (exact) mass is 422 g/mol. The minimum atomic E-state index is -0.462. The minimum Gasteiger partial charge on any atom is -0.465 e. The summed E-state index contributed by atoms with van der Waals surface area (Å²) in [5, 5.41) is 1.06. The first kappa shape index (κ1) is 20.2. The molecule has 0 fully saturated rings. The molecule has 0 aliphatic heterocycles. The fourth-order valence-corrected chi connectivity index (χ4v) is 3.70. The van der Waals surface area contributed by atoms with Crippen LogP contribution in [0.2, 0.25) is 5.02 Å². The van der Waals surface area contributed by atoms with Crippen molar-refractivity contribution in [2.75, 3.05) is 12.4 Å². The van der Waals surface area contributed by atoms with Gasteiger partial charge in [-0.1, -0.05) is 35.5 Å². The molecule has 3 rings (SSSR count). The van der Waals surface area contributed by atoms with E-state index in [1.807, 2.05) is 12.1 Å². The molecule has 0 amide bonds. The average molecular weight is 423 g/mol. The van der Waals surface area contributed by atoms with Crippen LogP contribution >= 0.6 is 23.4 Å². The summed E-state index contributed by atoms with van der Waals surface area (Å²) in [5.74, 6) is -0.328. The number of hydrogen-bond acceptors (Lipinski definition) is 6. The van der Waals surface area contributed by atoms with Crippen LogP contribution < -0.4 is 11.2 Å². The Morgan fingerprint density at radius 3 is 2.50 bits per heavy atom. The van der Waals surface area contributed by atoms with Gasteiger partial charge in [0.15, 0.2) is 16.3 Å². The van der Waals surface area contributed by atoms with E-state index in [1.54, 1.807) is 30.7 Å². The summed E-state index contributed by atoms with van der Waals surface area (Å²) in [7, 11) is 2.98. The number of halogens is 1. The van der Waals surface area contributed by atoms with Crippen LogP contribution in [0.5, 0.6) is 0 Å². The van der Waals surface area contributed by atoms with Crippen molar-refractivity contribution in [2.45, 2.75) is 18.6 Å². The molecule has 0 saturated heterocycles. The lowest BCUT2D eigenvalue weighted by Gasteiger charge is -2.09. The van der Waals surface area contributed by atoms with Crippen LogP contribution in [0.25, 0.3) is 11.2 Å².